The number of para-hydroxylation sites is 2. The van der Waals surface area contributed by atoms with Crippen LogP contribution in [0, 0.1) is 0 Å². The summed E-state index contributed by atoms with van der Waals surface area (Å²) < 4.78 is 9.39. The molecular formula is C28H25N3O4. The average molecular weight is 468 g/mol. The Morgan fingerprint density at radius 3 is 2.49 bits per heavy atom. The summed E-state index contributed by atoms with van der Waals surface area (Å²) in [6, 6.07) is 14.2. The molecule has 7 heteroatoms. The van der Waals surface area contributed by atoms with E-state index < -0.39 is 0 Å². The van der Waals surface area contributed by atoms with E-state index in [1.54, 1.807) is 0 Å². The third kappa shape index (κ3) is 3.30. The van der Waals surface area contributed by atoms with E-state index in [0.29, 0.717) is 24.2 Å². The number of carbonyl (C=O) groups is 3. The van der Waals surface area contributed by atoms with Crippen LogP contribution in [0.1, 0.15) is 42.5 Å². The lowest BCUT2D eigenvalue weighted by Gasteiger charge is -2.25. The molecule has 6 rings (SSSR count). The van der Waals surface area contributed by atoms with Crippen molar-refractivity contribution in [3.05, 3.63) is 71.5 Å². The number of nitrogens with one attached hydrogen (secondary N) is 1. The zero-order valence-electron chi connectivity index (χ0n) is 19.6. The topological polar surface area (TPSA) is 82.3 Å². The van der Waals surface area contributed by atoms with Gasteiger partial charge in [-0.05, 0) is 24.5 Å². The molecule has 35 heavy (non-hydrogen) atoms. The van der Waals surface area contributed by atoms with Gasteiger partial charge in [0.1, 0.15) is 0 Å². The van der Waals surface area contributed by atoms with Gasteiger partial charge in [-0.15, -0.1) is 0 Å². The van der Waals surface area contributed by atoms with Crippen molar-refractivity contribution in [1.82, 2.24) is 14.5 Å². The van der Waals surface area contributed by atoms with E-state index in [4.69, 9.17) is 4.74 Å². The van der Waals surface area contributed by atoms with E-state index >= 15 is 0 Å². The van der Waals surface area contributed by atoms with E-state index in [2.05, 4.69) is 16.0 Å². The van der Waals surface area contributed by atoms with Gasteiger partial charge in [-0.3, -0.25) is 19.7 Å². The molecule has 2 aromatic carbocycles. The first kappa shape index (κ1) is 21.4. The predicted octanol–water partition coefficient (Wildman–Crippen LogP) is 4.14. The molecule has 176 valence electrons. The molecule has 4 heterocycles. The Bertz CT molecular complexity index is 1590. The first-order chi connectivity index (χ1) is 16.9. The lowest BCUT2D eigenvalue weighted by atomic mass is 9.94. The number of aromatic nitrogens is 2. The summed E-state index contributed by atoms with van der Waals surface area (Å²) >= 11 is 0. The fourth-order valence-corrected chi connectivity index (χ4v) is 5.67. The normalized spacial score (nSPS) is 17.5. The van der Waals surface area contributed by atoms with Gasteiger partial charge in [0.15, 0.2) is 0 Å². The first-order valence-electron chi connectivity index (χ1n) is 11.8. The molecule has 0 bridgehead atoms. The van der Waals surface area contributed by atoms with Crippen molar-refractivity contribution in [3.8, 4) is 0 Å². The Morgan fingerprint density at radius 2 is 1.71 bits per heavy atom. The van der Waals surface area contributed by atoms with Crippen LogP contribution in [0.5, 0.6) is 0 Å². The maximum atomic E-state index is 13.2. The van der Waals surface area contributed by atoms with Gasteiger partial charge in [-0.25, -0.2) is 0 Å². The molecule has 2 aliphatic heterocycles. The fraction of sp³-hybridized carbons (Fsp3) is 0.250. The highest BCUT2D eigenvalue weighted by Gasteiger charge is 2.36. The summed E-state index contributed by atoms with van der Waals surface area (Å²) in [5.74, 6) is -1.04. The maximum absolute atomic E-state index is 13.2. The van der Waals surface area contributed by atoms with E-state index in [0.717, 1.165) is 45.8 Å². The van der Waals surface area contributed by atoms with Crippen molar-refractivity contribution in [2.24, 2.45) is 7.05 Å². The second-order valence-electron chi connectivity index (χ2n) is 9.29. The highest BCUT2D eigenvalue weighted by molar-refractivity contribution is 6.50. The molecule has 0 saturated heterocycles. The minimum atomic E-state index is -0.377. The molecule has 0 radical (unpaired) electrons. The number of imide groups is 1. The van der Waals surface area contributed by atoms with Crippen molar-refractivity contribution >= 4 is 50.7 Å². The van der Waals surface area contributed by atoms with Crippen LogP contribution >= 0.6 is 0 Å². The lowest BCUT2D eigenvalue weighted by molar-refractivity contribution is -0.141. The van der Waals surface area contributed by atoms with E-state index in [-0.39, 0.29) is 23.8 Å². The zero-order valence-corrected chi connectivity index (χ0v) is 19.6. The van der Waals surface area contributed by atoms with Gasteiger partial charge in [0.2, 0.25) is 0 Å². The molecule has 2 aromatic heterocycles. The molecule has 0 fully saturated rings. The number of hydrogen-bond donors (Lipinski definition) is 1. The molecule has 1 atom stereocenters. The SMILES string of the molecule is CC(=O)OCCC1CCc2cccc3c(C4=C(c5cn(C)c6ccccc56)C(=O)NC4=O)cn1c23. The number of rotatable bonds is 5. The molecule has 0 aliphatic carbocycles. The van der Waals surface area contributed by atoms with Crippen molar-refractivity contribution in [2.45, 2.75) is 32.2 Å². The Balaban J connectivity index is 1.56. The molecule has 2 amide bonds. The van der Waals surface area contributed by atoms with Gasteiger partial charge in [-0.2, -0.15) is 0 Å². The second kappa shape index (κ2) is 7.98. The highest BCUT2D eigenvalue weighted by atomic mass is 16.5. The molecule has 2 aliphatic rings. The fourth-order valence-electron chi connectivity index (χ4n) is 5.67. The Morgan fingerprint density at radius 1 is 1.00 bits per heavy atom. The van der Waals surface area contributed by atoms with Crippen LogP contribution in [-0.2, 0) is 32.6 Å². The van der Waals surface area contributed by atoms with Crippen molar-refractivity contribution in [2.75, 3.05) is 6.61 Å². The predicted molar refractivity (Wildman–Crippen MR) is 133 cm³/mol. The van der Waals surface area contributed by atoms with Crippen LogP contribution in [0.3, 0.4) is 0 Å². The minimum absolute atomic E-state index is 0.141. The molecular weight excluding hydrogens is 442 g/mol. The van der Waals surface area contributed by atoms with Crippen LogP contribution in [0.25, 0.3) is 33.0 Å². The molecule has 0 spiro atoms. The van der Waals surface area contributed by atoms with Gasteiger partial charge < -0.3 is 13.9 Å². The quantitative estimate of drug-likeness (QED) is 0.353. The molecule has 0 saturated carbocycles. The zero-order chi connectivity index (χ0) is 24.3. The summed E-state index contributed by atoms with van der Waals surface area (Å²) in [7, 11) is 1.94. The smallest absolute Gasteiger partial charge is 0.302 e. The Labute approximate surface area is 202 Å². The number of aryl methyl sites for hydroxylation is 2. The number of esters is 1. The van der Waals surface area contributed by atoms with Crippen molar-refractivity contribution < 1.29 is 19.1 Å². The summed E-state index contributed by atoms with van der Waals surface area (Å²) in [4.78, 5) is 37.6. The summed E-state index contributed by atoms with van der Waals surface area (Å²) in [6.07, 6.45) is 6.44. The number of ether oxygens (including phenoxy) is 1. The van der Waals surface area contributed by atoms with Gasteiger partial charge in [0, 0.05) is 66.2 Å². The number of benzene rings is 2. The maximum Gasteiger partial charge on any atom is 0.302 e. The largest absolute Gasteiger partial charge is 0.466 e. The van der Waals surface area contributed by atoms with Crippen LogP contribution in [0.4, 0.5) is 0 Å². The Hall–Kier alpha value is -4.13. The first-order valence-corrected chi connectivity index (χ1v) is 11.8. The molecule has 1 unspecified atom stereocenters. The van der Waals surface area contributed by atoms with Crippen molar-refractivity contribution in [1.29, 1.82) is 0 Å². The van der Waals surface area contributed by atoms with E-state index in [9.17, 15) is 14.4 Å². The number of nitrogens with zero attached hydrogens (tertiary/aromatic N) is 2. The summed E-state index contributed by atoms with van der Waals surface area (Å²) in [6.45, 7) is 1.76. The van der Waals surface area contributed by atoms with Gasteiger partial charge >= 0.3 is 5.97 Å². The molecule has 7 nitrogen and oxygen atoms in total. The highest BCUT2D eigenvalue weighted by Crippen LogP contribution is 2.42. The van der Waals surface area contributed by atoms with Crippen LogP contribution in [-0.4, -0.2) is 33.5 Å². The second-order valence-corrected chi connectivity index (χ2v) is 9.29. The van der Waals surface area contributed by atoms with Crippen LogP contribution in [0.2, 0.25) is 0 Å². The number of hydrogen-bond acceptors (Lipinski definition) is 4. The van der Waals surface area contributed by atoms with Gasteiger partial charge in [-0.1, -0.05) is 36.4 Å². The van der Waals surface area contributed by atoms with Crippen LogP contribution in [0.15, 0.2) is 54.9 Å². The Kier molecular flexibility index (Phi) is 4.88. The van der Waals surface area contributed by atoms with Crippen molar-refractivity contribution in [3.63, 3.8) is 0 Å². The average Bonchev–Trinajstić information content (AvgIpc) is 3.47. The van der Waals surface area contributed by atoms with Crippen LogP contribution < -0.4 is 5.32 Å². The number of fused-ring (bicyclic) bond motifs is 1. The van der Waals surface area contributed by atoms with Gasteiger partial charge in [0.25, 0.3) is 11.8 Å². The third-order valence-electron chi connectivity index (χ3n) is 7.20. The van der Waals surface area contributed by atoms with E-state index in [1.807, 2.05) is 60.4 Å². The molecule has 4 aromatic rings. The molecule has 1 N–H and O–H groups in total. The standard InChI is InChI=1S/C28H25N3O4/c1-16(32)35-13-12-18-11-10-17-6-5-8-20-22(15-31(18)26(17)20)25-24(27(33)29-28(25)34)21-14-30(2)23-9-4-3-7-19(21)23/h3-9,14-15,18H,10-13H2,1-2H3,(H,29,33,34). The number of carbonyl (C=O) groups excluding carboxylic acids is 3. The summed E-state index contributed by atoms with van der Waals surface area (Å²) in [5.41, 5.74) is 5.62. The lowest BCUT2D eigenvalue weighted by Crippen LogP contribution is -2.22. The minimum Gasteiger partial charge on any atom is -0.466 e. The third-order valence-corrected chi connectivity index (χ3v) is 7.20. The van der Waals surface area contributed by atoms with E-state index in [1.165, 1.54) is 12.5 Å². The monoisotopic (exact) mass is 467 g/mol. The summed E-state index contributed by atoms with van der Waals surface area (Å²) in [5, 5.41) is 4.43. The van der Waals surface area contributed by atoms with Gasteiger partial charge in [0.05, 0.1) is 23.3 Å². The number of amides is 2.